The fourth-order valence-corrected chi connectivity index (χ4v) is 2.97. The lowest BCUT2D eigenvalue weighted by molar-refractivity contribution is 0.0609. The smallest absolute Gasteiger partial charge is 0.0632 e. The summed E-state index contributed by atoms with van der Waals surface area (Å²) in [4.78, 5) is 2.57. The van der Waals surface area contributed by atoms with Crippen LogP contribution in [0.1, 0.15) is 17.5 Å². The molecule has 3 heteroatoms. The fourth-order valence-electron chi connectivity index (χ4n) is 2.97. The van der Waals surface area contributed by atoms with Crippen LogP contribution in [0.15, 0.2) is 24.3 Å². The number of nitrogens with one attached hydrogen (secondary N) is 1. The third-order valence-corrected chi connectivity index (χ3v) is 3.91. The molecule has 0 amide bonds. The van der Waals surface area contributed by atoms with Gasteiger partial charge in [0.05, 0.1) is 13.2 Å². The van der Waals surface area contributed by atoms with Crippen LogP contribution < -0.4 is 5.32 Å². The number of fused-ring (bicyclic) bond motifs is 1. The van der Waals surface area contributed by atoms with Gasteiger partial charge in [0, 0.05) is 25.7 Å². The molecule has 3 nitrogen and oxygen atoms in total. The van der Waals surface area contributed by atoms with Gasteiger partial charge in [0.15, 0.2) is 0 Å². The van der Waals surface area contributed by atoms with Crippen molar-refractivity contribution < 1.29 is 4.74 Å². The first kappa shape index (κ1) is 12.2. The standard InChI is InChI=1S/C15H22N2O/c1-2-5-14-10-17(8-3-6-13(14)4-1)11-15-12-18-9-7-16-15/h1-2,4-5,15-16H,3,6-12H2. The first-order valence-electron chi connectivity index (χ1n) is 7.02. The van der Waals surface area contributed by atoms with Crippen molar-refractivity contribution in [2.45, 2.75) is 25.4 Å². The first-order chi connectivity index (χ1) is 8.92. The van der Waals surface area contributed by atoms with E-state index in [4.69, 9.17) is 4.74 Å². The quantitative estimate of drug-likeness (QED) is 0.854. The average Bonchev–Trinajstić information content (AvgIpc) is 2.61. The van der Waals surface area contributed by atoms with E-state index in [-0.39, 0.29) is 0 Å². The minimum atomic E-state index is 0.504. The van der Waals surface area contributed by atoms with Crippen molar-refractivity contribution in [3.05, 3.63) is 35.4 Å². The summed E-state index contributed by atoms with van der Waals surface area (Å²) in [6, 6.07) is 9.37. The third-order valence-electron chi connectivity index (χ3n) is 3.91. The minimum absolute atomic E-state index is 0.504. The molecule has 1 aromatic carbocycles. The van der Waals surface area contributed by atoms with E-state index >= 15 is 0 Å². The number of benzene rings is 1. The molecular weight excluding hydrogens is 224 g/mol. The summed E-state index contributed by atoms with van der Waals surface area (Å²) >= 11 is 0. The van der Waals surface area contributed by atoms with E-state index in [1.165, 1.54) is 30.5 Å². The van der Waals surface area contributed by atoms with Gasteiger partial charge in [0.25, 0.3) is 0 Å². The predicted octanol–water partition coefficient (Wildman–Crippen LogP) is 1.42. The summed E-state index contributed by atoms with van der Waals surface area (Å²) in [5, 5.41) is 3.54. The Morgan fingerprint density at radius 2 is 2.17 bits per heavy atom. The monoisotopic (exact) mass is 246 g/mol. The van der Waals surface area contributed by atoms with Crippen molar-refractivity contribution in [2.24, 2.45) is 0 Å². The molecular formula is C15H22N2O. The van der Waals surface area contributed by atoms with E-state index < -0.39 is 0 Å². The average molecular weight is 246 g/mol. The molecule has 18 heavy (non-hydrogen) atoms. The van der Waals surface area contributed by atoms with Gasteiger partial charge in [-0.2, -0.15) is 0 Å². The SMILES string of the molecule is c1ccc2c(c1)CCCN(CC1COCCN1)C2. The van der Waals surface area contributed by atoms with Gasteiger partial charge in [0.1, 0.15) is 0 Å². The van der Waals surface area contributed by atoms with Gasteiger partial charge in [-0.05, 0) is 30.5 Å². The molecule has 2 aliphatic heterocycles. The Hall–Kier alpha value is -0.900. The zero-order valence-electron chi connectivity index (χ0n) is 10.9. The molecule has 1 fully saturated rings. The van der Waals surface area contributed by atoms with E-state index in [0.717, 1.165) is 32.8 Å². The Kier molecular flexibility index (Phi) is 3.93. The molecule has 98 valence electrons. The minimum Gasteiger partial charge on any atom is -0.378 e. The van der Waals surface area contributed by atoms with Crippen molar-refractivity contribution >= 4 is 0 Å². The molecule has 1 atom stereocenters. The molecule has 1 saturated heterocycles. The van der Waals surface area contributed by atoms with Crippen molar-refractivity contribution in [1.29, 1.82) is 0 Å². The molecule has 0 saturated carbocycles. The van der Waals surface area contributed by atoms with E-state index in [1.807, 2.05) is 0 Å². The van der Waals surface area contributed by atoms with Crippen LogP contribution in [0.3, 0.4) is 0 Å². The Balaban J connectivity index is 1.63. The van der Waals surface area contributed by atoms with E-state index in [0.29, 0.717) is 6.04 Å². The van der Waals surface area contributed by atoms with Crippen LogP contribution in [0.5, 0.6) is 0 Å². The summed E-state index contributed by atoms with van der Waals surface area (Å²) in [6.45, 7) is 6.11. The highest BCUT2D eigenvalue weighted by Crippen LogP contribution is 2.18. The maximum Gasteiger partial charge on any atom is 0.0632 e. The lowest BCUT2D eigenvalue weighted by atomic mass is 10.0. The second-order valence-electron chi connectivity index (χ2n) is 5.33. The number of rotatable bonds is 2. The molecule has 0 bridgehead atoms. The summed E-state index contributed by atoms with van der Waals surface area (Å²) in [5.74, 6) is 0. The number of ether oxygens (including phenoxy) is 1. The zero-order valence-corrected chi connectivity index (χ0v) is 10.9. The Bertz CT molecular complexity index is 388. The van der Waals surface area contributed by atoms with Crippen molar-refractivity contribution in [3.63, 3.8) is 0 Å². The topological polar surface area (TPSA) is 24.5 Å². The maximum atomic E-state index is 5.54. The first-order valence-corrected chi connectivity index (χ1v) is 7.02. The number of aryl methyl sites for hydroxylation is 1. The Morgan fingerprint density at radius 1 is 1.28 bits per heavy atom. The zero-order chi connectivity index (χ0) is 12.2. The highest BCUT2D eigenvalue weighted by molar-refractivity contribution is 5.28. The molecule has 0 aliphatic carbocycles. The lowest BCUT2D eigenvalue weighted by Crippen LogP contribution is -2.48. The molecule has 3 rings (SSSR count). The van der Waals surface area contributed by atoms with Crippen LogP contribution in [0.4, 0.5) is 0 Å². The molecule has 0 spiro atoms. The molecule has 1 aromatic rings. The molecule has 2 heterocycles. The number of nitrogens with zero attached hydrogens (tertiary/aromatic N) is 1. The highest BCUT2D eigenvalue weighted by atomic mass is 16.5. The Labute approximate surface area is 109 Å². The molecule has 1 N–H and O–H groups in total. The van der Waals surface area contributed by atoms with Crippen molar-refractivity contribution in [2.75, 3.05) is 32.8 Å². The van der Waals surface area contributed by atoms with Crippen LogP contribution >= 0.6 is 0 Å². The van der Waals surface area contributed by atoms with Gasteiger partial charge in [0.2, 0.25) is 0 Å². The van der Waals surface area contributed by atoms with Gasteiger partial charge in [-0.1, -0.05) is 24.3 Å². The summed E-state index contributed by atoms with van der Waals surface area (Å²) in [5.41, 5.74) is 3.04. The van der Waals surface area contributed by atoms with Crippen LogP contribution in [0.25, 0.3) is 0 Å². The molecule has 0 radical (unpaired) electrons. The number of hydrogen-bond donors (Lipinski definition) is 1. The largest absolute Gasteiger partial charge is 0.378 e. The predicted molar refractivity (Wildman–Crippen MR) is 72.6 cm³/mol. The van der Waals surface area contributed by atoms with Crippen molar-refractivity contribution in [1.82, 2.24) is 10.2 Å². The summed E-state index contributed by atoms with van der Waals surface area (Å²) in [7, 11) is 0. The van der Waals surface area contributed by atoms with E-state index in [9.17, 15) is 0 Å². The number of hydrogen-bond acceptors (Lipinski definition) is 3. The summed E-state index contributed by atoms with van der Waals surface area (Å²) < 4.78 is 5.54. The van der Waals surface area contributed by atoms with Gasteiger partial charge >= 0.3 is 0 Å². The third kappa shape index (κ3) is 2.91. The normalized spacial score (nSPS) is 25.4. The van der Waals surface area contributed by atoms with Gasteiger partial charge in [-0.15, -0.1) is 0 Å². The fraction of sp³-hybridized carbons (Fsp3) is 0.600. The van der Waals surface area contributed by atoms with Crippen LogP contribution in [-0.2, 0) is 17.7 Å². The second-order valence-corrected chi connectivity index (χ2v) is 5.33. The van der Waals surface area contributed by atoms with Crippen LogP contribution in [0.2, 0.25) is 0 Å². The second kappa shape index (κ2) is 5.83. The lowest BCUT2D eigenvalue weighted by Gasteiger charge is -2.29. The number of morpholine rings is 1. The van der Waals surface area contributed by atoms with E-state index in [1.54, 1.807) is 0 Å². The van der Waals surface area contributed by atoms with Crippen LogP contribution in [0, 0.1) is 0 Å². The summed E-state index contributed by atoms with van der Waals surface area (Å²) in [6.07, 6.45) is 2.49. The van der Waals surface area contributed by atoms with Crippen LogP contribution in [-0.4, -0.2) is 43.8 Å². The molecule has 1 unspecified atom stereocenters. The van der Waals surface area contributed by atoms with E-state index in [2.05, 4.69) is 34.5 Å². The van der Waals surface area contributed by atoms with Gasteiger partial charge < -0.3 is 10.1 Å². The van der Waals surface area contributed by atoms with Gasteiger partial charge in [-0.3, -0.25) is 4.90 Å². The maximum absolute atomic E-state index is 5.54. The molecule has 0 aromatic heterocycles. The van der Waals surface area contributed by atoms with Crippen molar-refractivity contribution in [3.8, 4) is 0 Å². The Morgan fingerprint density at radius 3 is 3.00 bits per heavy atom. The van der Waals surface area contributed by atoms with Gasteiger partial charge in [-0.25, -0.2) is 0 Å². The molecule has 2 aliphatic rings. The highest BCUT2D eigenvalue weighted by Gasteiger charge is 2.19.